The van der Waals surface area contributed by atoms with Crippen molar-refractivity contribution in [2.45, 2.75) is 51.3 Å². The maximum atomic E-state index is 5.53. The highest BCUT2D eigenvalue weighted by atomic mass is 16.5. The summed E-state index contributed by atoms with van der Waals surface area (Å²) in [6.07, 6.45) is 4.94. The second kappa shape index (κ2) is 4.55. The Labute approximate surface area is 96.4 Å². The van der Waals surface area contributed by atoms with Gasteiger partial charge in [0.25, 0.3) is 0 Å². The molecular formula is C12H20N2O2. The molecule has 0 radical (unpaired) electrons. The number of aromatic nitrogens is 1. The van der Waals surface area contributed by atoms with Gasteiger partial charge in [0.1, 0.15) is 5.60 Å². The molecule has 0 spiro atoms. The Balaban J connectivity index is 2.09. The molecule has 4 heteroatoms. The van der Waals surface area contributed by atoms with Crippen LogP contribution in [0.1, 0.15) is 44.6 Å². The molecule has 2 rings (SSSR count). The van der Waals surface area contributed by atoms with Crippen LogP contribution in [0.15, 0.2) is 10.8 Å². The van der Waals surface area contributed by atoms with Gasteiger partial charge in [0.2, 0.25) is 0 Å². The summed E-state index contributed by atoms with van der Waals surface area (Å²) in [4.78, 5) is 4.27. The van der Waals surface area contributed by atoms with Crippen LogP contribution in [0.3, 0.4) is 0 Å². The van der Waals surface area contributed by atoms with E-state index < -0.39 is 0 Å². The summed E-state index contributed by atoms with van der Waals surface area (Å²) in [5.41, 5.74) is 0.606. The van der Waals surface area contributed by atoms with E-state index in [1.165, 1.54) is 19.2 Å². The molecule has 1 N–H and O–H groups in total. The molecule has 16 heavy (non-hydrogen) atoms. The highest BCUT2D eigenvalue weighted by Crippen LogP contribution is 2.31. The fraction of sp³-hybridized carbons (Fsp3) is 0.750. The molecule has 0 aliphatic heterocycles. The zero-order valence-electron chi connectivity index (χ0n) is 10.2. The SMILES string of the molecule is CCC(C)(OC)c1ocnc1CNC1CC1. The molecule has 0 bridgehead atoms. The van der Waals surface area contributed by atoms with Crippen LogP contribution in [0.4, 0.5) is 0 Å². The van der Waals surface area contributed by atoms with Crippen molar-refractivity contribution in [1.82, 2.24) is 10.3 Å². The number of nitrogens with one attached hydrogen (secondary N) is 1. The molecule has 0 saturated heterocycles. The fourth-order valence-electron chi connectivity index (χ4n) is 1.75. The standard InChI is InChI=1S/C12H20N2O2/c1-4-12(2,15-3)11-10(14-8-16-11)7-13-9-5-6-9/h8-9,13H,4-7H2,1-3H3. The smallest absolute Gasteiger partial charge is 0.181 e. The number of nitrogens with zero attached hydrogens (tertiary/aromatic N) is 1. The maximum absolute atomic E-state index is 5.53. The van der Waals surface area contributed by atoms with Crippen molar-refractivity contribution >= 4 is 0 Å². The topological polar surface area (TPSA) is 47.3 Å². The van der Waals surface area contributed by atoms with Crippen LogP contribution in [0.25, 0.3) is 0 Å². The molecule has 1 saturated carbocycles. The minimum Gasteiger partial charge on any atom is -0.445 e. The van der Waals surface area contributed by atoms with E-state index in [1.54, 1.807) is 7.11 Å². The Hall–Kier alpha value is -0.870. The zero-order valence-corrected chi connectivity index (χ0v) is 10.2. The van der Waals surface area contributed by atoms with Crippen LogP contribution >= 0.6 is 0 Å². The quantitative estimate of drug-likeness (QED) is 0.804. The van der Waals surface area contributed by atoms with Crippen LogP contribution in [0.2, 0.25) is 0 Å². The third-order valence-electron chi connectivity index (χ3n) is 3.38. The molecule has 1 aromatic rings. The predicted molar refractivity (Wildman–Crippen MR) is 61.0 cm³/mol. The lowest BCUT2D eigenvalue weighted by Gasteiger charge is -2.24. The van der Waals surface area contributed by atoms with Crippen LogP contribution in [-0.2, 0) is 16.9 Å². The first-order valence-corrected chi connectivity index (χ1v) is 5.91. The van der Waals surface area contributed by atoms with E-state index in [9.17, 15) is 0 Å². The Morgan fingerprint density at radius 2 is 2.38 bits per heavy atom. The first-order chi connectivity index (χ1) is 7.69. The molecule has 1 aliphatic rings. The third kappa shape index (κ3) is 2.28. The molecule has 1 aromatic heterocycles. The monoisotopic (exact) mass is 224 g/mol. The molecule has 90 valence electrons. The molecule has 1 aliphatic carbocycles. The molecule has 1 heterocycles. The van der Waals surface area contributed by atoms with Gasteiger partial charge in [-0.3, -0.25) is 0 Å². The van der Waals surface area contributed by atoms with Crippen molar-refractivity contribution in [3.63, 3.8) is 0 Å². The van der Waals surface area contributed by atoms with E-state index in [-0.39, 0.29) is 5.60 Å². The van der Waals surface area contributed by atoms with E-state index in [0.29, 0.717) is 6.04 Å². The number of rotatable bonds is 6. The minimum absolute atomic E-state index is 0.364. The van der Waals surface area contributed by atoms with Gasteiger partial charge >= 0.3 is 0 Å². The van der Waals surface area contributed by atoms with E-state index in [4.69, 9.17) is 9.15 Å². The Morgan fingerprint density at radius 3 is 2.94 bits per heavy atom. The number of methoxy groups -OCH3 is 1. The lowest BCUT2D eigenvalue weighted by Crippen LogP contribution is -2.26. The molecule has 1 unspecified atom stereocenters. The summed E-state index contributed by atoms with van der Waals surface area (Å²) in [7, 11) is 1.71. The first kappa shape index (κ1) is 11.6. The number of oxazole rings is 1. The van der Waals surface area contributed by atoms with Crippen LogP contribution in [0, 0.1) is 0 Å². The molecule has 0 amide bonds. The van der Waals surface area contributed by atoms with Gasteiger partial charge in [-0.2, -0.15) is 0 Å². The predicted octanol–water partition coefficient (Wildman–Crippen LogP) is 2.20. The van der Waals surface area contributed by atoms with Crippen LogP contribution in [-0.4, -0.2) is 18.1 Å². The van der Waals surface area contributed by atoms with Gasteiger partial charge < -0.3 is 14.5 Å². The van der Waals surface area contributed by atoms with Crippen molar-refractivity contribution in [3.05, 3.63) is 17.8 Å². The molecule has 1 atom stereocenters. The van der Waals surface area contributed by atoms with Crippen molar-refractivity contribution < 1.29 is 9.15 Å². The summed E-state index contributed by atoms with van der Waals surface area (Å²) in [6, 6.07) is 0.681. The second-order valence-corrected chi connectivity index (χ2v) is 4.57. The second-order valence-electron chi connectivity index (χ2n) is 4.57. The Kier molecular flexibility index (Phi) is 3.30. The molecule has 4 nitrogen and oxygen atoms in total. The largest absolute Gasteiger partial charge is 0.445 e. The number of hydrogen-bond donors (Lipinski definition) is 1. The fourth-order valence-corrected chi connectivity index (χ4v) is 1.75. The van der Waals surface area contributed by atoms with Gasteiger partial charge in [0.15, 0.2) is 12.2 Å². The summed E-state index contributed by atoms with van der Waals surface area (Å²) in [5, 5.41) is 3.44. The Bertz CT molecular complexity index is 341. The maximum Gasteiger partial charge on any atom is 0.181 e. The number of ether oxygens (including phenoxy) is 1. The molecule has 1 fully saturated rings. The van der Waals surface area contributed by atoms with E-state index in [2.05, 4.69) is 17.2 Å². The van der Waals surface area contributed by atoms with E-state index in [0.717, 1.165) is 24.4 Å². The van der Waals surface area contributed by atoms with Crippen molar-refractivity contribution in [3.8, 4) is 0 Å². The Morgan fingerprint density at radius 1 is 1.62 bits per heavy atom. The average molecular weight is 224 g/mol. The van der Waals surface area contributed by atoms with Crippen LogP contribution in [0.5, 0.6) is 0 Å². The van der Waals surface area contributed by atoms with Gasteiger partial charge in [0, 0.05) is 19.7 Å². The van der Waals surface area contributed by atoms with Gasteiger partial charge in [0.05, 0.1) is 5.69 Å². The third-order valence-corrected chi connectivity index (χ3v) is 3.38. The number of hydrogen-bond acceptors (Lipinski definition) is 4. The van der Waals surface area contributed by atoms with Crippen molar-refractivity contribution in [2.24, 2.45) is 0 Å². The van der Waals surface area contributed by atoms with E-state index in [1.807, 2.05) is 6.92 Å². The van der Waals surface area contributed by atoms with Crippen molar-refractivity contribution in [1.29, 1.82) is 0 Å². The minimum atomic E-state index is -0.364. The van der Waals surface area contributed by atoms with E-state index >= 15 is 0 Å². The molecule has 0 aromatic carbocycles. The molecular weight excluding hydrogens is 204 g/mol. The van der Waals surface area contributed by atoms with Gasteiger partial charge in [-0.05, 0) is 26.2 Å². The summed E-state index contributed by atoms with van der Waals surface area (Å²) in [6.45, 7) is 4.90. The first-order valence-electron chi connectivity index (χ1n) is 5.91. The highest BCUT2D eigenvalue weighted by Gasteiger charge is 2.31. The zero-order chi connectivity index (χ0) is 11.6. The summed E-state index contributed by atoms with van der Waals surface area (Å²) >= 11 is 0. The summed E-state index contributed by atoms with van der Waals surface area (Å²) < 4.78 is 11.0. The van der Waals surface area contributed by atoms with Crippen molar-refractivity contribution in [2.75, 3.05) is 7.11 Å². The average Bonchev–Trinajstić information content (AvgIpc) is 3.02. The van der Waals surface area contributed by atoms with Gasteiger partial charge in [-0.15, -0.1) is 0 Å². The lowest BCUT2D eigenvalue weighted by molar-refractivity contribution is -0.0199. The van der Waals surface area contributed by atoms with Gasteiger partial charge in [-0.1, -0.05) is 6.92 Å². The lowest BCUT2D eigenvalue weighted by atomic mass is 9.98. The normalized spacial score (nSPS) is 19.7. The highest BCUT2D eigenvalue weighted by molar-refractivity contribution is 5.15. The van der Waals surface area contributed by atoms with Gasteiger partial charge in [-0.25, -0.2) is 4.98 Å². The summed E-state index contributed by atoms with van der Waals surface area (Å²) in [5.74, 6) is 0.852. The van der Waals surface area contributed by atoms with Crippen LogP contribution < -0.4 is 5.32 Å².